The normalized spacial score (nSPS) is 15.5. The molecule has 1 aromatic carbocycles. The van der Waals surface area contributed by atoms with Crippen LogP contribution in [0.4, 0.5) is 5.69 Å². The summed E-state index contributed by atoms with van der Waals surface area (Å²) in [5.74, 6) is 0.511. The second kappa shape index (κ2) is 8.20. The molecule has 0 aliphatic rings. The predicted molar refractivity (Wildman–Crippen MR) is 75.4 cm³/mol. The van der Waals surface area contributed by atoms with Crippen molar-refractivity contribution in [2.75, 3.05) is 11.5 Å². The highest BCUT2D eigenvalue weighted by molar-refractivity contribution is 7.80. The Kier molecular flexibility index (Phi) is 6.93. The molecule has 0 aliphatic heterocycles. The molecular weight excluding hydrogens is 306 g/mol. The first-order valence-electron chi connectivity index (χ1n) is 5.83. The SMILES string of the molecule is CCS(=O)OC(OS(=O)CC)c1ccc([N+](=O)[O-])cc1. The topological polar surface area (TPSA) is 95.7 Å². The van der Waals surface area contributed by atoms with E-state index in [0.717, 1.165) is 0 Å². The molecule has 9 heteroatoms. The Hall–Kier alpha value is -1.16. The molecule has 0 saturated heterocycles. The van der Waals surface area contributed by atoms with E-state index in [1.165, 1.54) is 24.3 Å². The van der Waals surface area contributed by atoms with Crippen molar-refractivity contribution in [2.24, 2.45) is 0 Å². The van der Waals surface area contributed by atoms with Crippen molar-refractivity contribution < 1.29 is 21.7 Å². The summed E-state index contributed by atoms with van der Waals surface area (Å²) in [6, 6.07) is 5.39. The van der Waals surface area contributed by atoms with Gasteiger partial charge in [-0.15, -0.1) is 0 Å². The minimum Gasteiger partial charge on any atom is -0.258 e. The molecule has 112 valence electrons. The zero-order valence-electron chi connectivity index (χ0n) is 11.0. The van der Waals surface area contributed by atoms with E-state index in [4.69, 9.17) is 8.37 Å². The molecule has 2 atom stereocenters. The molecule has 7 nitrogen and oxygen atoms in total. The summed E-state index contributed by atoms with van der Waals surface area (Å²) >= 11 is -3.17. The molecule has 1 aromatic rings. The standard InChI is InChI=1S/C11H15NO6S2/c1-3-19(15)17-11(18-20(16)4-2)9-5-7-10(8-6-9)12(13)14/h5-8,11H,3-4H2,1-2H3. The lowest BCUT2D eigenvalue weighted by atomic mass is 10.2. The van der Waals surface area contributed by atoms with E-state index in [0.29, 0.717) is 5.56 Å². The number of nitrogens with zero attached hydrogens (tertiary/aromatic N) is 1. The maximum absolute atomic E-state index is 11.4. The Bertz CT molecular complexity index is 486. The third-order valence-corrected chi connectivity index (χ3v) is 3.96. The van der Waals surface area contributed by atoms with Gasteiger partial charge >= 0.3 is 0 Å². The van der Waals surface area contributed by atoms with Crippen LogP contribution in [0.2, 0.25) is 0 Å². The second-order valence-corrected chi connectivity index (χ2v) is 6.31. The van der Waals surface area contributed by atoms with E-state index in [-0.39, 0.29) is 17.2 Å². The van der Waals surface area contributed by atoms with Crippen LogP contribution in [-0.2, 0) is 30.5 Å². The number of benzene rings is 1. The fraction of sp³-hybridized carbons (Fsp3) is 0.455. The monoisotopic (exact) mass is 321 g/mol. The average molecular weight is 321 g/mol. The lowest BCUT2D eigenvalue weighted by molar-refractivity contribution is -0.384. The van der Waals surface area contributed by atoms with Crippen molar-refractivity contribution in [1.29, 1.82) is 0 Å². The molecule has 0 saturated carbocycles. The highest BCUT2D eigenvalue weighted by atomic mass is 32.2. The fourth-order valence-corrected chi connectivity index (χ4v) is 2.22. The van der Waals surface area contributed by atoms with Crippen molar-refractivity contribution >= 4 is 27.8 Å². The summed E-state index contributed by atoms with van der Waals surface area (Å²) < 4.78 is 33.2. The summed E-state index contributed by atoms with van der Waals surface area (Å²) in [4.78, 5) is 10.0. The van der Waals surface area contributed by atoms with Crippen LogP contribution in [0.3, 0.4) is 0 Å². The van der Waals surface area contributed by atoms with Crippen LogP contribution in [-0.4, -0.2) is 24.8 Å². The van der Waals surface area contributed by atoms with Gasteiger partial charge in [-0.3, -0.25) is 18.5 Å². The first-order valence-corrected chi connectivity index (χ1v) is 8.32. The van der Waals surface area contributed by atoms with Crippen molar-refractivity contribution in [3.8, 4) is 0 Å². The fourth-order valence-electron chi connectivity index (χ4n) is 1.21. The van der Waals surface area contributed by atoms with E-state index in [2.05, 4.69) is 0 Å². The summed E-state index contributed by atoms with van der Waals surface area (Å²) in [6.45, 7) is 3.33. The van der Waals surface area contributed by atoms with Gasteiger partial charge < -0.3 is 0 Å². The molecule has 0 N–H and O–H groups in total. The largest absolute Gasteiger partial charge is 0.269 e. The molecule has 0 aromatic heterocycles. The van der Waals surface area contributed by atoms with Crippen LogP contribution >= 0.6 is 0 Å². The highest BCUT2D eigenvalue weighted by Gasteiger charge is 2.20. The first kappa shape index (κ1) is 16.9. The number of nitro groups is 1. The van der Waals surface area contributed by atoms with E-state index in [1.807, 2.05) is 0 Å². The van der Waals surface area contributed by atoms with E-state index in [1.54, 1.807) is 13.8 Å². The Labute approximate surface area is 121 Å². The van der Waals surface area contributed by atoms with Crippen molar-refractivity contribution in [1.82, 2.24) is 0 Å². The number of hydrogen-bond donors (Lipinski definition) is 0. The van der Waals surface area contributed by atoms with Crippen LogP contribution in [0.1, 0.15) is 25.7 Å². The van der Waals surface area contributed by atoms with Gasteiger partial charge in [0.25, 0.3) is 5.69 Å². The van der Waals surface area contributed by atoms with Crippen molar-refractivity contribution in [3.63, 3.8) is 0 Å². The molecule has 0 radical (unpaired) electrons. The van der Waals surface area contributed by atoms with Crippen molar-refractivity contribution in [3.05, 3.63) is 39.9 Å². The van der Waals surface area contributed by atoms with E-state index < -0.39 is 33.4 Å². The van der Waals surface area contributed by atoms with E-state index in [9.17, 15) is 18.5 Å². The number of non-ortho nitro benzene ring substituents is 1. The van der Waals surface area contributed by atoms with Crippen LogP contribution < -0.4 is 0 Å². The van der Waals surface area contributed by atoms with Gasteiger partial charge in [-0.05, 0) is 12.1 Å². The lowest BCUT2D eigenvalue weighted by Crippen LogP contribution is -2.14. The summed E-state index contributed by atoms with van der Waals surface area (Å²) in [5.41, 5.74) is 0.333. The molecule has 0 bridgehead atoms. The van der Waals surface area contributed by atoms with Gasteiger partial charge in [0.2, 0.25) is 6.29 Å². The Morgan fingerprint density at radius 1 is 1.10 bits per heavy atom. The molecule has 20 heavy (non-hydrogen) atoms. The first-order chi connectivity index (χ1) is 9.47. The number of rotatable bonds is 8. The molecule has 0 heterocycles. The van der Waals surface area contributed by atoms with Gasteiger partial charge in [-0.25, -0.2) is 8.42 Å². The highest BCUT2D eigenvalue weighted by Crippen LogP contribution is 2.24. The van der Waals surface area contributed by atoms with Crippen molar-refractivity contribution in [2.45, 2.75) is 20.1 Å². The quantitative estimate of drug-likeness (QED) is 0.413. The van der Waals surface area contributed by atoms with Gasteiger partial charge in [0.1, 0.15) is 0 Å². The van der Waals surface area contributed by atoms with Gasteiger partial charge in [0, 0.05) is 29.2 Å². The molecule has 1 rings (SSSR count). The minimum atomic E-state index is -1.58. The zero-order valence-corrected chi connectivity index (χ0v) is 12.6. The summed E-state index contributed by atoms with van der Waals surface area (Å²) in [5, 5.41) is 10.6. The summed E-state index contributed by atoms with van der Waals surface area (Å²) in [7, 11) is 0. The smallest absolute Gasteiger partial charge is 0.258 e. The van der Waals surface area contributed by atoms with Crippen LogP contribution in [0.15, 0.2) is 24.3 Å². The summed E-state index contributed by atoms with van der Waals surface area (Å²) in [6.07, 6.45) is -1.09. The maximum atomic E-state index is 11.4. The van der Waals surface area contributed by atoms with Crippen LogP contribution in [0.5, 0.6) is 0 Å². The van der Waals surface area contributed by atoms with E-state index >= 15 is 0 Å². The molecule has 0 spiro atoms. The third kappa shape index (κ3) is 5.08. The zero-order chi connectivity index (χ0) is 15.1. The predicted octanol–water partition coefficient (Wildman–Crippen LogP) is 1.99. The second-order valence-electron chi connectivity index (χ2n) is 3.56. The Balaban J connectivity index is 2.93. The Morgan fingerprint density at radius 3 is 1.90 bits per heavy atom. The van der Waals surface area contributed by atoms with Gasteiger partial charge in [-0.2, -0.15) is 0 Å². The number of hydrogen-bond acceptors (Lipinski definition) is 6. The minimum absolute atomic E-state index is 0.0827. The molecule has 0 amide bonds. The van der Waals surface area contributed by atoms with Gasteiger partial charge in [0.15, 0.2) is 22.2 Å². The third-order valence-electron chi connectivity index (χ3n) is 2.24. The molecule has 0 aliphatic carbocycles. The average Bonchev–Trinajstić information content (AvgIpc) is 2.46. The van der Waals surface area contributed by atoms with Gasteiger partial charge in [-0.1, -0.05) is 13.8 Å². The lowest BCUT2D eigenvalue weighted by Gasteiger charge is -2.16. The van der Waals surface area contributed by atoms with Crippen LogP contribution in [0, 0.1) is 10.1 Å². The molecule has 0 fully saturated rings. The van der Waals surface area contributed by atoms with Crippen LogP contribution in [0.25, 0.3) is 0 Å². The number of nitro benzene ring substituents is 1. The molecule has 2 unspecified atom stereocenters. The maximum Gasteiger partial charge on any atom is 0.269 e. The van der Waals surface area contributed by atoms with Gasteiger partial charge in [0.05, 0.1) is 4.92 Å². The Morgan fingerprint density at radius 2 is 1.55 bits per heavy atom. The molecular formula is C11H15NO6S2.